The summed E-state index contributed by atoms with van der Waals surface area (Å²) in [5.41, 5.74) is 0. The molecular weight excluding hydrogens is 192 g/mol. The Balaban J connectivity index is 3.06. The Morgan fingerprint density at radius 3 is 1.81 bits per heavy atom. The molecule has 0 spiro atoms. The maximum absolute atomic E-state index is 3.22. The van der Waals surface area contributed by atoms with Crippen LogP contribution in [0, 0.1) is 17.8 Å². The molecule has 0 bridgehead atoms. The van der Waals surface area contributed by atoms with Crippen LogP contribution in [-0.4, -0.2) is 0 Å². The monoisotopic (exact) mass is 222 g/mol. The minimum atomic E-state index is 0.606. The summed E-state index contributed by atoms with van der Waals surface area (Å²) in [6.07, 6.45) is 14.1. The van der Waals surface area contributed by atoms with Crippen LogP contribution in [0.4, 0.5) is 0 Å². The lowest BCUT2D eigenvalue weighted by Crippen LogP contribution is -1.90. The van der Waals surface area contributed by atoms with E-state index in [0.29, 0.717) is 5.92 Å². The van der Waals surface area contributed by atoms with E-state index in [1.54, 1.807) is 0 Å². The molecule has 0 nitrogen and oxygen atoms in total. The Bertz CT molecular complexity index is 182. The van der Waals surface area contributed by atoms with Crippen molar-refractivity contribution in [1.29, 1.82) is 0 Å². The summed E-state index contributed by atoms with van der Waals surface area (Å²) in [6.45, 7) is 6.45. The summed E-state index contributed by atoms with van der Waals surface area (Å²) in [5, 5.41) is 0. The van der Waals surface area contributed by atoms with Crippen LogP contribution in [0.15, 0.2) is 0 Å². The van der Waals surface area contributed by atoms with E-state index >= 15 is 0 Å². The zero-order chi connectivity index (χ0) is 12.1. The molecule has 0 aromatic rings. The highest BCUT2D eigenvalue weighted by molar-refractivity contribution is 4.98. The molecule has 1 atom stereocenters. The topological polar surface area (TPSA) is 0 Å². The van der Waals surface area contributed by atoms with Crippen molar-refractivity contribution in [2.45, 2.75) is 85.0 Å². The summed E-state index contributed by atoms with van der Waals surface area (Å²) < 4.78 is 0. The summed E-state index contributed by atoms with van der Waals surface area (Å²) in [7, 11) is 0. The summed E-state index contributed by atoms with van der Waals surface area (Å²) in [5.74, 6) is 6.82. The van der Waals surface area contributed by atoms with E-state index in [-0.39, 0.29) is 0 Å². The minimum absolute atomic E-state index is 0.606. The van der Waals surface area contributed by atoms with Crippen LogP contribution in [0.1, 0.15) is 85.0 Å². The lowest BCUT2D eigenvalue weighted by atomic mass is 10.0. The van der Waals surface area contributed by atoms with Gasteiger partial charge >= 0.3 is 0 Å². The van der Waals surface area contributed by atoms with E-state index in [2.05, 4.69) is 25.7 Å². The second-order valence-electron chi connectivity index (χ2n) is 4.91. The van der Waals surface area contributed by atoms with Gasteiger partial charge in [0.2, 0.25) is 0 Å². The van der Waals surface area contributed by atoms with Gasteiger partial charge in [-0.05, 0) is 13.3 Å². The van der Waals surface area contributed by atoms with Crippen molar-refractivity contribution >= 4 is 0 Å². The number of hydrogen-bond donors (Lipinski definition) is 0. The van der Waals surface area contributed by atoms with Crippen molar-refractivity contribution in [3.05, 3.63) is 0 Å². The zero-order valence-electron chi connectivity index (χ0n) is 11.6. The van der Waals surface area contributed by atoms with Gasteiger partial charge < -0.3 is 0 Å². The predicted molar refractivity (Wildman–Crippen MR) is 74.5 cm³/mol. The Labute approximate surface area is 103 Å². The third-order valence-corrected chi connectivity index (χ3v) is 3.13. The molecule has 0 heteroatoms. The molecule has 0 saturated carbocycles. The van der Waals surface area contributed by atoms with E-state index < -0.39 is 0 Å². The third kappa shape index (κ3) is 11.6. The van der Waals surface area contributed by atoms with Crippen molar-refractivity contribution in [2.24, 2.45) is 5.92 Å². The second kappa shape index (κ2) is 12.6. The Morgan fingerprint density at radius 1 is 0.812 bits per heavy atom. The lowest BCUT2D eigenvalue weighted by Gasteiger charge is -2.04. The SMILES string of the molecule is CC#CC(C)CCCCCCCCCCC. The van der Waals surface area contributed by atoms with E-state index in [4.69, 9.17) is 0 Å². The standard InChI is InChI=1S/C16H30/c1-4-6-7-8-9-10-11-12-13-15-16(3)14-5-2/h16H,4,6-13,15H2,1-3H3. The first kappa shape index (κ1) is 15.6. The highest BCUT2D eigenvalue weighted by Crippen LogP contribution is 2.12. The summed E-state index contributed by atoms with van der Waals surface area (Å²) in [4.78, 5) is 0. The van der Waals surface area contributed by atoms with E-state index in [9.17, 15) is 0 Å². The van der Waals surface area contributed by atoms with Gasteiger partial charge in [-0.15, -0.1) is 11.8 Å². The van der Waals surface area contributed by atoms with Crippen molar-refractivity contribution in [2.75, 3.05) is 0 Å². The molecule has 16 heavy (non-hydrogen) atoms. The van der Waals surface area contributed by atoms with Gasteiger partial charge in [0.05, 0.1) is 0 Å². The number of unbranched alkanes of at least 4 members (excludes halogenated alkanes) is 8. The fourth-order valence-corrected chi connectivity index (χ4v) is 2.08. The maximum atomic E-state index is 3.22. The molecule has 0 aromatic carbocycles. The van der Waals surface area contributed by atoms with E-state index in [0.717, 1.165) is 0 Å². The van der Waals surface area contributed by atoms with Crippen molar-refractivity contribution in [3.8, 4) is 11.8 Å². The van der Waals surface area contributed by atoms with Gasteiger partial charge in [-0.3, -0.25) is 0 Å². The van der Waals surface area contributed by atoms with E-state index in [1.807, 2.05) is 6.92 Å². The normalized spacial score (nSPS) is 11.9. The molecule has 1 unspecified atom stereocenters. The Morgan fingerprint density at radius 2 is 1.31 bits per heavy atom. The second-order valence-corrected chi connectivity index (χ2v) is 4.91. The predicted octanol–water partition coefficient (Wildman–Crippen LogP) is 5.57. The van der Waals surface area contributed by atoms with Crippen LogP contribution in [-0.2, 0) is 0 Å². The fraction of sp³-hybridized carbons (Fsp3) is 0.875. The van der Waals surface area contributed by atoms with Gasteiger partial charge in [0.15, 0.2) is 0 Å². The quantitative estimate of drug-likeness (QED) is 0.335. The van der Waals surface area contributed by atoms with Crippen molar-refractivity contribution < 1.29 is 0 Å². The van der Waals surface area contributed by atoms with Gasteiger partial charge in [-0.25, -0.2) is 0 Å². The average Bonchev–Trinajstić information content (AvgIpc) is 2.27. The first-order valence-corrected chi connectivity index (χ1v) is 7.23. The van der Waals surface area contributed by atoms with E-state index in [1.165, 1.54) is 64.2 Å². The highest BCUT2D eigenvalue weighted by atomic mass is 14.0. The summed E-state index contributed by atoms with van der Waals surface area (Å²) in [6, 6.07) is 0. The van der Waals surface area contributed by atoms with Crippen LogP contribution in [0.3, 0.4) is 0 Å². The van der Waals surface area contributed by atoms with Crippen LogP contribution < -0.4 is 0 Å². The molecule has 0 rings (SSSR count). The largest absolute Gasteiger partial charge is 0.106 e. The van der Waals surface area contributed by atoms with Gasteiger partial charge in [0.1, 0.15) is 0 Å². The highest BCUT2D eigenvalue weighted by Gasteiger charge is 1.97. The molecule has 0 heterocycles. The third-order valence-electron chi connectivity index (χ3n) is 3.13. The van der Waals surface area contributed by atoms with Crippen LogP contribution in [0.2, 0.25) is 0 Å². The molecule has 0 fully saturated rings. The molecule has 94 valence electrons. The van der Waals surface area contributed by atoms with Crippen LogP contribution in [0.25, 0.3) is 0 Å². The molecular formula is C16H30. The minimum Gasteiger partial charge on any atom is -0.106 e. The number of rotatable bonds is 10. The Kier molecular flexibility index (Phi) is 12.3. The molecule has 0 aromatic heterocycles. The van der Waals surface area contributed by atoms with Crippen LogP contribution >= 0.6 is 0 Å². The first-order chi connectivity index (χ1) is 7.81. The molecule has 0 radical (unpaired) electrons. The fourth-order valence-electron chi connectivity index (χ4n) is 2.08. The van der Waals surface area contributed by atoms with Gasteiger partial charge in [-0.2, -0.15) is 0 Å². The van der Waals surface area contributed by atoms with Crippen molar-refractivity contribution in [3.63, 3.8) is 0 Å². The Hall–Kier alpha value is -0.440. The molecule has 0 aliphatic rings. The average molecular weight is 222 g/mol. The molecule has 0 saturated heterocycles. The summed E-state index contributed by atoms with van der Waals surface area (Å²) >= 11 is 0. The van der Waals surface area contributed by atoms with Crippen molar-refractivity contribution in [1.82, 2.24) is 0 Å². The molecule has 0 aliphatic heterocycles. The maximum Gasteiger partial charge on any atom is 0.0174 e. The molecule has 0 N–H and O–H groups in total. The van der Waals surface area contributed by atoms with Crippen LogP contribution in [0.5, 0.6) is 0 Å². The van der Waals surface area contributed by atoms with Gasteiger partial charge in [-0.1, -0.05) is 71.6 Å². The smallest absolute Gasteiger partial charge is 0.0174 e. The molecule has 0 amide bonds. The molecule has 0 aliphatic carbocycles. The van der Waals surface area contributed by atoms with Gasteiger partial charge in [0.25, 0.3) is 0 Å². The lowest BCUT2D eigenvalue weighted by molar-refractivity contribution is 0.534. The number of hydrogen-bond acceptors (Lipinski definition) is 0. The first-order valence-electron chi connectivity index (χ1n) is 7.23. The van der Waals surface area contributed by atoms with Gasteiger partial charge in [0, 0.05) is 5.92 Å². The zero-order valence-corrected chi connectivity index (χ0v) is 11.6.